The summed E-state index contributed by atoms with van der Waals surface area (Å²) in [7, 11) is 1.68. The summed E-state index contributed by atoms with van der Waals surface area (Å²) in [6, 6.07) is -0.371. The lowest BCUT2D eigenvalue weighted by atomic mass is 9.60. The van der Waals surface area contributed by atoms with Gasteiger partial charge in [0.05, 0.1) is 18.2 Å². The molecule has 1 atom stereocenters. The van der Waals surface area contributed by atoms with Crippen LogP contribution in [0.1, 0.15) is 70.9 Å². The SMILES string of the molecule is CC(C)NC(=O)N[C@@H](CC1(F)CCCC1)C(=O)CC1(C(=O)C(=O)Cc2ccn(C)n2)CC(F)C1. The average molecular weight is 481 g/mol. The van der Waals surface area contributed by atoms with Crippen molar-refractivity contribution in [3.05, 3.63) is 18.0 Å². The summed E-state index contributed by atoms with van der Waals surface area (Å²) in [6.45, 7) is 3.50. The Morgan fingerprint density at radius 3 is 2.35 bits per heavy atom. The second-order valence-corrected chi connectivity index (χ2v) is 10.2. The Morgan fingerprint density at radius 2 is 1.82 bits per heavy atom. The number of hydrogen-bond acceptors (Lipinski definition) is 5. The highest BCUT2D eigenvalue weighted by Gasteiger charge is 2.54. The molecule has 0 spiro atoms. The smallest absolute Gasteiger partial charge is 0.315 e. The molecule has 2 aliphatic carbocycles. The number of carbonyl (C=O) groups excluding carboxylic acids is 4. The van der Waals surface area contributed by atoms with Crippen LogP contribution in [0.15, 0.2) is 12.3 Å². The number of ketones is 3. The Labute approximate surface area is 198 Å². The fraction of sp³-hybridized carbons (Fsp3) is 0.708. The molecule has 2 amide bonds. The fourth-order valence-electron chi connectivity index (χ4n) is 5.04. The zero-order chi connectivity index (χ0) is 25.1. The van der Waals surface area contributed by atoms with E-state index in [-0.39, 0.29) is 31.7 Å². The molecule has 2 aliphatic rings. The molecular weight excluding hydrogens is 446 g/mol. The van der Waals surface area contributed by atoms with E-state index < -0.39 is 53.1 Å². The molecule has 2 N–H and O–H groups in total. The molecule has 10 heteroatoms. The third-order valence-electron chi connectivity index (χ3n) is 6.77. The number of carbonyl (C=O) groups is 4. The summed E-state index contributed by atoms with van der Waals surface area (Å²) < 4.78 is 30.7. The number of aryl methyl sites for hydroxylation is 1. The normalized spacial score (nSPS) is 24.4. The van der Waals surface area contributed by atoms with Gasteiger partial charge in [0.25, 0.3) is 0 Å². The molecule has 1 aromatic heterocycles. The van der Waals surface area contributed by atoms with Gasteiger partial charge in [-0.25, -0.2) is 13.6 Å². The van der Waals surface area contributed by atoms with Gasteiger partial charge in [-0.15, -0.1) is 0 Å². The van der Waals surface area contributed by atoms with Crippen LogP contribution in [0.4, 0.5) is 13.6 Å². The van der Waals surface area contributed by atoms with Crippen LogP contribution in [0.5, 0.6) is 0 Å². The van der Waals surface area contributed by atoms with Crippen LogP contribution in [0.2, 0.25) is 0 Å². The van der Waals surface area contributed by atoms with E-state index in [0.717, 1.165) is 0 Å². The zero-order valence-electron chi connectivity index (χ0n) is 20.0. The Kier molecular flexibility index (Phi) is 7.88. The first-order chi connectivity index (χ1) is 15.9. The van der Waals surface area contributed by atoms with E-state index >= 15 is 4.39 Å². The lowest BCUT2D eigenvalue weighted by molar-refractivity contribution is -0.151. The molecule has 1 heterocycles. The molecule has 3 rings (SSSR count). The predicted octanol–water partition coefficient (Wildman–Crippen LogP) is 2.93. The topological polar surface area (TPSA) is 110 Å². The first-order valence-corrected chi connectivity index (χ1v) is 11.9. The Hall–Kier alpha value is -2.65. The van der Waals surface area contributed by atoms with Crippen LogP contribution >= 0.6 is 0 Å². The molecule has 0 unspecified atom stereocenters. The van der Waals surface area contributed by atoms with Gasteiger partial charge in [0.2, 0.25) is 11.6 Å². The van der Waals surface area contributed by atoms with Crippen LogP contribution in [0, 0.1) is 5.41 Å². The van der Waals surface area contributed by atoms with Crippen LogP contribution in [-0.4, -0.2) is 57.1 Å². The maximum absolute atomic E-state index is 15.2. The van der Waals surface area contributed by atoms with Crippen molar-refractivity contribution in [3.8, 4) is 0 Å². The quantitative estimate of drug-likeness (QED) is 0.473. The number of aromatic nitrogens is 2. The summed E-state index contributed by atoms with van der Waals surface area (Å²) in [6.07, 6.45) is 0.998. The van der Waals surface area contributed by atoms with E-state index in [1.807, 2.05) is 0 Å². The minimum absolute atomic E-state index is 0.197. The predicted molar refractivity (Wildman–Crippen MR) is 121 cm³/mol. The van der Waals surface area contributed by atoms with E-state index in [1.165, 1.54) is 4.68 Å². The minimum atomic E-state index is -1.58. The highest BCUT2D eigenvalue weighted by molar-refractivity contribution is 6.40. The van der Waals surface area contributed by atoms with Crippen LogP contribution in [0.25, 0.3) is 0 Å². The second kappa shape index (κ2) is 10.3. The summed E-state index contributed by atoms with van der Waals surface area (Å²) in [5, 5.41) is 9.26. The fourth-order valence-corrected chi connectivity index (χ4v) is 5.04. The first kappa shape index (κ1) is 26.0. The van der Waals surface area contributed by atoms with Gasteiger partial charge in [-0.1, -0.05) is 12.8 Å². The molecule has 2 saturated carbocycles. The Morgan fingerprint density at radius 1 is 1.18 bits per heavy atom. The minimum Gasteiger partial charge on any atom is -0.336 e. The van der Waals surface area contributed by atoms with E-state index in [4.69, 9.17) is 0 Å². The van der Waals surface area contributed by atoms with Crippen LogP contribution < -0.4 is 10.6 Å². The van der Waals surface area contributed by atoms with Crippen LogP contribution in [-0.2, 0) is 27.9 Å². The van der Waals surface area contributed by atoms with E-state index in [2.05, 4.69) is 15.7 Å². The van der Waals surface area contributed by atoms with Crippen molar-refractivity contribution < 1.29 is 28.0 Å². The number of nitrogens with one attached hydrogen (secondary N) is 2. The maximum atomic E-state index is 15.2. The first-order valence-electron chi connectivity index (χ1n) is 11.9. The van der Waals surface area contributed by atoms with Gasteiger partial charge >= 0.3 is 6.03 Å². The second-order valence-electron chi connectivity index (χ2n) is 10.2. The number of alkyl halides is 2. The third-order valence-corrected chi connectivity index (χ3v) is 6.77. The van der Waals surface area contributed by atoms with Crippen molar-refractivity contribution in [2.24, 2.45) is 12.5 Å². The summed E-state index contributed by atoms with van der Waals surface area (Å²) in [5.41, 5.74) is -2.64. The molecule has 0 bridgehead atoms. The number of rotatable bonds is 11. The molecule has 8 nitrogen and oxygen atoms in total. The van der Waals surface area contributed by atoms with Crippen molar-refractivity contribution in [2.75, 3.05) is 0 Å². The van der Waals surface area contributed by atoms with Gasteiger partial charge in [-0.2, -0.15) is 5.10 Å². The van der Waals surface area contributed by atoms with Gasteiger partial charge in [0.15, 0.2) is 5.78 Å². The zero-order valence-corrected chi connectivity index (χ0v) is 20.0. The number of urea groups is 1. The van der Waals surface area contributed by atoms with Crippen molar-refractivity contribution in [3.63, 3.8) is 0 Å². The largest absolute Gasteiger partial charge is 0.336 e. The van der Waals surface area contributed by atoms with E-state index in [9.17, 15) is 23.6 Å². The van der Waals surface area contributed by atoms with Gasteiger partial charge < -0.3 is 10.6 Å². The lowest BCUT2D eigenvalue weighted by Gasteiger charge is -2.42. The van der Waals surface area contributed by atoms with Gasteiger partial charge in [-0.3, -0.25) is 19.1 Å². The number of hydrogen-bond donors (Lipinski definition) is 2. The van der Waals surface area contributed by atoms with E-state index in [1.54, 1.807) is 33.2 Å². The molecule has 0 aromatic carbocycles. The van der Waals surface area contributed by atoms with Gasteiger partial charge in [0.1, 0.15) is 11.8 Å². The number of halogens is 2. The standard InChI is InChI=1S/C24H34F2N4O4/c1-15(2)27-22(34)28-18(13-24(26)7-4-5-8-24)20(32)14-23(11-16(25)12-23)21(33)19(31)10-17-6-9-30(3)29-17/h6,9,15-16,18H,4-5,7-8,10-14H2,1-3H3,(H2,27,28,34)/t16?,18-,23?/m0/s1. The van der Waals surface area contributed by atoms with Crippen molar-refractivity contribution >= 4 is 23.4 Å². The molecule has 1 aromatic rings. The molecule has 0 aliphatic heterocycles. The Balaban J connectivity index is 1.74. The highest BCUT2D eigenvalue weighted by Crippen LogP contribution is 2.48. The number of nitrogens with zero attached hydrogens (tertiary/aromatic N) is 2. The number of Topliss-reactive ketones (excluding diaryl/α,β-unsaturated/α-hetero) is 3. The molecule has 34 heavy (non-hydrogen) atoms. The van der Waals surface area contributed by atoms with Crippen molar-refractivity contribution in [1.82, 2.24) is 20.4 Å². The highest BCUT2D eigenvalue weighted by atomic mass is 19.1. The summed E-state index contributed by atoms with van der Waals surface area (Å²) in [5.74, 6) is -2.10. The lowest BCUT2D eigenvalue weighted by Crippen LogP contribution is -2.54. The Bertz CT molecular complexity index is 933. The third kappa shape index (κ3) is 6.27. The van der Waals surface area contributed by atoms with Crippen molar-refractivity contribution in [2.45, 2.75) is 95.6 Å². The van der Waals surface area contributed by atoms with Gasteiger partial charge in [0, 0.05) is 37.5 Å². The number of amides is 2. The molecule has 2 fully saturated rings. The van der Waals surface area contributed by atoms with E-state index in [0.29, 0.717) is 31.4 Å². The summed E-state index contributed by atoms with van der Waals surface area (Å²) in [4.78, 5) is 51.3. The maximum Gasteiger partial charge on any atom is 0.315 e. The van der Waals surface area contributed by atoms with Crippen molar-refractivity contribution in [1.29, 1.82) is 0 Å². The molecule has 0 radical (unpaired) electrons. The monoisotopic (exact) mass is 480 g/mol. The van der Waals surface area contributed by atoms with Gasteiger partial charge in [-0.05, 0) is 45.6 Å². The molecule has 188 valence electrons. The van der Waals surface area contributed by atoms with Crippen LogP contribution in [0.3, 0.4) is 0 Å². The summed E-state index contributed by atoms with van der Waals surface area (Å²) >= 11 is 0. The molecule has 0 saturated heterocycles. The average Bonchev–Trinajstić information content (AvgIpc) is 3.32. The molecular formula is C24H34F2N4O4.